The predicted molar refractivity (Wildman–Crippen MR) is 109 cm³/mol. The summed E-state index contributed by atoms with van der Waals surface area (Å²) in [4.78, 5) is 13.4. The second kappa shape index (κ2) is 9.00. The van der Waals surface area contributed by atoms with Gasteiger partial charge in [-0.25, -0.2) is 0 Å². The molecule has 0 bridgehead atoms. The van der Waals surface area contributed by atoms with Gasteiger partial charge in [-0.3, -0.25) is 9.00 Å². The highest BCUT2D eigenvalue weighted by Gasteiger charge is 2.22. The number of rotatable bonds is 7. The van der Waals surface area contributed by atoms with E-state index in [2.05, 4.69) is 0 Å². The number of fused-ring (bicyclic) bond motifs is 1. The van der Waals surface area contributed by atoms with E-state index in [9.17, 15) is 9.00 Å². The Morgan fingerprint density at radius 1 is 0.966 bits per heavy atom. The number of ether oxygens (including phenoxy) is 5. The molecule has 1 atom stereocenters. The number of hydrogen-bond donors (Lipinski definition) is 0. The lowest BCUT2D eigenvalue weighted by Gasteiger charge is -2.19. The van der Waals surface area contributed by atoms with Crippen LogP contribution in [0.15, 0.2) is 35.2 Å². The van der Waals surface area contributed by atoms with E-state index in [0.29, 0.717) is 57.1 Å². The molecule has 154 valence electrons. The van der Waals surface area contributed by atoms with E-state index in [1.54, 1.807) is 37.5 Å². The van der Waals surface area contributed by atoms with Gasteiger partial charge in [0.1, 0.15) is 35.4 Å². The van der Waals surface area contributed by atoms with Crippen molar-refractivity contribution in [3.8, 4) is 28.7 Å². The Balaban J connectivity index is 1.99. The molecule has 1 aliphatic heterocycles. The van der Waals surface area contributed by atoms with Crippen molar-refractivity contribution in [1.82, 2.24) is 0 Å². The lowest BCUT2D eigenvalue weighted by Crippen LogP contribution is -2.17. The minimum Gasteiger partial charge on any atom is -0.496 e. The normalized spacial score (nSPS) is 15.4. The summed E-state index contributed by atoms with van der Waals surface area (Å²) in [5, 5.41) is 0. The highest BCUT2D eigenvalue weighted by Crippen LogP contribution is 2.36. The number of hydrogen-bond acceptors (Lipinski definition) is 7. The summed E-state index contributed by atoms with van der Waals surface area (Å²) in [6.07, 6.45) is 3.01. The molecular weight excluding hydrogens is 396 g/mol. The van der Waals surface area contributed by atoms with Gasteiger partial charge in [0, 0.05) is 18.2 Å². The summed E-state index contributed by atoms with van der Waals surface area (Å²) in [5.74, 6) is 2.47. The van der Waals surface area contributed by atoms with Crippen LogP contribution in [-0.2, 0) is 10.8 Å². The number of carbonyl (C=O) groups is 1. The van der Waals surface area contributed by atoms with E-state index in [1.807, 2.05) is 0 Å². The van der Waals surface area contributed by atoms with Gasteiger partial charge < -0.3 is 23.7 Å². The molecule has 0 amide bonds. The zero-order valence-corrected chi connectivity index (χ0v) is 17.5. The van der Waals surface area contributed by atoms with E-state index in [1.165, 1.54) is 27.4 Å². The van der Waals surface area contributed by atoms with Gasteiger partial charge in [0.2, 0.25) is 0 Å². The van der Waals surface area contributed by atoms with Gasteiger partial charge in [-0.05, 0) is 18.2 Å². The van der Waals surface area contributed by atoms with E-state index in [-0.39, 0.29) is 5.78 Å². The number of carbonyl (C=O) groups excluding carboxylic acids is 1. The molecular formula is C21H22O7S. The molecule has 2 aromatic rings. The third-order valence-corrected chi connectivity index (χ3v) is 5.80. The number of methoxy groups -OCH3 is 4. The Labute approximate surface area is 171 Å². The van der Waals surface area contributed by atoms with Crippen molar-refractivity contribution in [3.05, 3.63) is 41.5 Å². The molecule has 8 heteroatoms. The highest BCUT2D eigenvalue weighted by molar-refractivity contribution is 7.85. The first kappa shape index (κ1) is 20.7. The fourth-order valence-corrected chi connectivity index (χ4v) is 4.01. The monoisotopic (exact) mass is 418 g/mol. The van der Waals surface area contributed by atoms with Crippen molar-refractivity contribution >= 4 is 22.7 Å². The standard InChI is InChI=1S/C21H22O7S/c1-24-13-9-17(25-2)14(18(10-13)26-3)5-6-16(22)15-11-20-21(12-19(15)27-4)29(23)8-7-28-20/h5-6,9-12H,7-8H2,1-4H3. The predicted octanol–water partition coefficient (Wildman–Crippen LogP) is 3.12. The largest absolute Gasteiger partial charge is 0.496 e. The molecule has 7 nitrogen and oxygen atoms in total. The number of benzene rings is 2. The van der Waals surface area contributed by atoms with Crippen molar-refractivity contribution in [2.45, 2.75) is 4.90 Å². The first-order valence-corrected chi connectivity index (χ1v) is 10.1. The maximum atomic E-state index is 12.9. The van der Waals surface area contributed by atoms with Gasteiger partial charge in [-0.2, -0.15) is 0 Å². The summed E-state index contributed by atoms with van der Waals surface area (Å²) in [5.41, 5.74) is 0.909. The number of ketones is 1. The van der Waals surface area contributed by atoms with Crippen LogP contribution in [0.3, 0.4) is 0 Å². The summed E-state index contributed by atoms with van der Waals surface area (Å²) < 4.78 is 39.1. The van der Waals surface area contributed by atoms with Crippen LogP contribution in [0.4, 0.5) is 0 Å². The van der Waals surface area contributed by atoms with Crippen molar-refractivity contribution in [2.24, 2.45) is 0 Å². The molecule has 0 radical (unpaired) electrons. The Kier molecular flexibility index (Phi) is 6.43. The molecule has 1 unspecified atom stereocenters. The van der Waals surface area contributed by atoms with E-state index in [4.69, 9.17) is 23.7 Å². The Morgan fingerprint density at radius 2 is 1.62 bits per heavy atom. The molecule has 0 aromatic heterocycles. The van der Waals surface area contributed by atoms with Crippen LogP contribution in [0.2, 0.25) is 0 Å². The molecule has 1 heterocycles. The third-order valence-electron chi connectivity index (χ3n) is 4.46. The average Bonchev–Trinajstić information content (AvgIpc) is 2.76. The minimum absolute atomic E-state index is 0.301. The number of allylic oxidation sites excluding steroid dienone is 1. The van der Waals surface area contributed by atoms with Gasteiger partial charge in [-0.15, -0.1) is 0 Å². The molecule has 29 heavy (non-hydrogen) atoms. The minimum atomic E-state index is -1.17. The van der Waals surface area contributed by atoms with Crippen molar-refractivity contribution < 1.29 is 32.7 Å². The van der Waals surface area contributed by atoms with Gasteiger partial charge in [0.05, 0.1) is 61.0 Å². The third kappa shape index (κ3) is 4.22. The van der Waals surface area contributed by atoms with Gasteiger partial charge >= 0.3 is 0 Å². The van der Waals surface area contributed by atoms with Crippen molar-refractivity contribution in [3.63, 3.8) is 0 Å². The van der Waals surface area contributed by atoms with E-state index < -0.39 is 10.8 Å². The topological polar surface area (TPSA) is 80.3 Å². The van der Waals surface area contributed by atoms with Crippen LogP contribution < -0.4 is 23.7 Å². The zero-order valence-electron chi connectivity index (χ0n) is 16.6. The first-order chi connectivity index (χ1) is 14.0. The summed E-state index contributed by atoms with van der Waals surface area (Å²) in [6.45, 7) is 0.343. The Morgan fingerprint density at radius 3 is 2.21 bits per heavy atom. The Bertz CT molecular complexity index is 956. The molecule has 1 aliphatic rings. The highest BCUT2D eigenvalue weighted by atomic mass is 32.2. The maximum Gasteiger partial charge on any atom is 0.189 e. The molecule has 3 rings (SSSR count). The average molecular weight is 418 g/mol. The lowest BCUT2D eigenvalue weighted by atomic mass is 10.1. The van der Waals surface area contributed by atoms with Gasteiger partial charge in [0.15, 0.2) is 5.78 Å². The van der Waals surface area contributed by atoms with Crippen LogP contribution in [-0.4, -0.2) is 50.8 Å². The van der Waals surface area contributed by atoms with Gasteiger partial charge in [0.25, 0.3) is 0 Å². The van der Waals surface area contributed by atoms with Crippen molar-refractivity contribution in [2.75, 3.05) is 40.8 Å². The molecule has 0 aliphatic carbocycles. The van der Waals surface area contributed by atoms with Crippen molar-refractivity contribution in [1.29, 1.82) is 0 Å². The fraction of sp³-hybridized carbons (Fsp3) is 0.286. The summed E-state index contributed by atoms with van der Waals surface area (Å²) in [6, 6.07) is 6.57. The molecule has 0 fully saturated rings. The molecule has 0 N–H and O–H groups in total. The fourth-order valence-electron chi connectivity index (χ4n) is 2.98. The molecule has 2 aromatic carbocycles. The quantitative estimate of drug-likeness (QED) is 0.505. The molecule has 0 saturated carbocycles. The first-order valence-electron chi connectivity index (χ1n) is 8.78. The van der Waals surface area contributed by atoms with Crippen LogP contribution in [0.5, 0.6) is 28.7 Å². The Hall–Kier alpha value is -3.00. The summed E-state index contributed by atoms with van der Waals surface area (Å²) in [7, 11) is 4.89. The van der Waals surface area contributed by atoms with Crippen LogP contribution >= 0.6 is 0 Å². The van der Waals surface area contributed by atoms with Crippen LogP contribution in [0.25, 0.3) is 6.08 Å². The zero-order chi connectivity index (χ0) is 21.0. The second-order valence-corrected chi connectivity index (χ2v) is 7.58. The second-order valence-electron chi connectivity index (χ2n) is 6.04. The van der Waals surface area contributed by atoms with E-state index >= 15 is 0 Å². The van der Waals surface area contributed by atoms with Crippen LogP contribution in [0.1, 0.15) is 15.9 Å². The summed E-state index contributed by atoms with van der Waals surface area (Å²) >= 11 is 0. The lowest BCUT2D eigenvalue weighted by molar-refractivity contribution is 0.104. The molecule has 0 spiro atoms. The van der Waals surface area contributed by atoms with E-state index in [0.717, 1.165) is 0 Å². The SMILES string of the molecule is COc1cc(OC)c(C=CC(=O)c2cc3c(cc2OC)S(=O)CCO3)c(OC)c1. The molecule has 0 saturated heterocycles. The smallest absolute Gasteiger partial charge is 0.189 e. The van der Waals surface area contributed by atoms with Gasteiger partial charge in [-0.1, -0.05) is 0 Å². The van der Waals surface area contributed by atoms with Crippen LogP contribution in [0, 0.1) is 0 Å². The maximum absolute atomic E-state index is 12.9.